The van der Waals surface area contributed by atoms with E-state index in [-0.39, 0.29) is 5.92 Å². The molecule has 0 saturated heterocycles. The second kappa shape index (κ2) is 8.17. The molecular weight excluding hydrogens is 262 g/mol. The molecule has 2 N–H and O–H groups in total. The minimum Gasteiger partial charge on any atom is -0.481 e. The minimum absolute atomic E-state index is 0.0775. The largest absolute Gasteiger partial charge is 0.481 e. The molecule has 2 aliphatic rings. The first-order valence-electron chi connectivity index (χ1n) is 9.00. The Kier molecular flexibility index (Phi) is 6.53. The van der Waals surface area contributed by atoms with E-state index >= 15 is 0 Å². The summed E-state index contributed by atoms with van der Waals surface area (Å²) in [6, 6.07) is 0.708. The molecule has 3 heteroatoms. The Labute approximate surface area is 129 Å². The summed E-state index contributed by atoms with van der Waals surface area (Å²) in [4.78, 5) is 11.0. The molecular formula is C18H33NO2. The summed E-state index contributed by atoms with van der Waals surface area (Å²) < 4.78 is 0. The Morgan fingerprint density at radius 1 is 1.10 bits per heavy atom. The highest BCUT2D eigenvalue weighted by molar-refractivity contribution is 5.69. The summed E-state index contributed by atoms with van der Waals surface area (Å²) in [7, 11) is 0. The molecule has 0 aromatic rings. The third-order valence-corrected chi connectivity index (χ3v) is 5.48. The molecule has 3 nitrogen and oxygen atoms in total. The molecule has 2 fully saturated rings. The van der Waals surface area contributed by atoms with E-state index in [9.17, 15) is 4.79 Å². The van der Waals surface area contributed by atoms with Crippen molar-refractivity contribution >= 4 is 5.97 Å². The third-order valence-electron chi connectivity index (χ3n) is 5.48. The van der Waals surface area contributed by atoms with Gasteiger partial charge < -0.3 is 10.4 Å². The second-order valence-electron chi connectivity index (χ2n) is 7.82. The lowest BCUT2D eigenvalue weighted by atomic mass is 9.80. The summed E-state index contributed by atoms with van der Waals surface area (Å²) in [5, 5.41) is 12.8. The zero-order valence-corrected chi connectivity index (χ0v) is 13.8. The van der Waals surface area contributed by atoms with Gasteiger partial charge in [0, 0.05) is 6.04 Å². The number of aliphatic carboxylic acids is 1. The van der Waals surface area contributed by atoms with Gasteiger partial charge in [0.2, 0.25) is 0 Å². The van der Waals surface area contributed by atoms with E-state index in [1.807, 2.05) is 0 Å². The summed E-state index contributed by atoms with van der Waals surface area (Å²) in [5.74, 6) is 1.77. The molecule has 2 saturated carbocycles. The van der Waals surface area contributed by atoms with Gasteiger partial charge in [-0.3, -0.25) is 4.79 Å². The molecule has 0 radical (unpaired) electrons. The lowest BCUT2D eigenvalue weighted by Gasteiger charge is -2.33. The zero-order valence-electron chi connectivity index (χ0n) is 13.8. The first-order valence-corrected chi connectivity index (χ1v) is 9.00. The lowest BCUT2D eigenvalue weighted by molar-refractivity contribution is -0.143. The number of hydrogen-bond acceptors (Lipinski definition) is 2. The Hall–Kier alpha value is -0.570. The summed E-state index contributed by atoms with van der Waals surface area (Å²) in [6.45, 7) is 5.77. The molecule has 0 aromatic carbocycles. The quantitative estimate of drug-likeness (QED) is 0.776. The molecule has 0 heterocycles. The molecule has 0 bridgehead atoms. The van der Waals surface area contributed by atoms with Crippen LogP contribution in [0.1, 0.15) is 71.6 Å². The normalized spacial score (nSPS) is 34.0. The van der Waals surface area contributed by atoms with Crippen LogP contribution in [0.4, 0.5) is 0 Å². The van der Waals surface area contributed by atoms with E-state index < -0.39 is 5.97 Å². The van der Waals surface area contributed by atoms with E-state index in [1.54, 1.807) is 0 Å². The van der Waals surface area contributed by atoms with Crippen molar-refractivity contribution in [2.45, 2.75) is 77.7 Å². The maximum absolute atomic E-state index is 11.0. The van der Waals surface area contributed by atoms with Gasteiger partial charge >= 0.3 is 5.97 Å². The smallest absolute Gasteiger partial charge is 0.306 e. The Morgan fingerprint density at radius 3 is 2.43 bits per heavy atom. The topological polar surface area (TPSA) is 49.3 Å². The molecule has 0 aromatic heterocycles. The van der Waals surface area contributed by atoms with Crippen molar-refractivity contribution in [1.82, 2.24) is 5.32 Å². The van der Waals surface area contributed by atoms with E-state index in [0.29, 0.717) is 12.0 Å². The third kappa shape index (κ3) is 5.61. The molecule has 122 valence electrons. The van der Waals surface area contributed by atoms with Crippen LogP contribution in [0.2, 0.25) is 0 Å². The van der Waals surface area contributed by atoms with Crippen LogP contribution in [-0.4, -0.2) is 23.7 Å². The molecule has 2 atom stereocenters. The van der Waals surface area contributed by atoms with E-state index in [1.165, 1.54) is 32.1 Å². The molecule has 0 amide bonds. The van der Waals surface area contributed by atoms with Gasteiger partial charge in [-0.2, -0.15) is 0 Å². The second-order valence-corrected chi connectivity index (χ2v) is 7.82. The van der Waals surface area contributed by atoms with Crippen LogP contribution in [0.5, 0.6) is 0 Å². The average molecular weight is 295 g/mol. The Balaban J connectivity index is 1.65. The average Bonchev–Trinajstić information content (AvgIpc) is 2.45. The van der Waals surface area contributed by atoms with Crippen molar-refractivity contribution in [3.05, 3.63) is 0 Å². The number of hydrogen-bond donors (Lipinski definition) is 2. The van der Waals surface area contributed by atoms with Crippen LogP contribution >= 0.6 is 0 Å². The Morgan fingerprint density at radius 2 is 1.81 bits per heavy atom. The monoisotopic (exact) mass is 295 g/mol. The van der Waals surface area contributed by atoms with E-state index in [0.717, 1.165) is 44.1 Å². The predicted octanol–water partition coefficient (Wildman–Crippen LogP) is 4.07. The zero-order chi connectivity index (χ0) is 15.2. The minimum atomic E-state index is -0.592. The van der Waals surface area contributed by atoms with Crippen LogP contribution in [0.3, 0.4) is 0 Å². The molecule has 0 aliphatic heterocycles. The number of rotatable bonds is 6. The van der Waals surface area contributed by atoms with Gasteiger partial charge in [0.05, 0.1) is 5.92 Å². The highest BCUT2D eigenvalue weighted by Gasteiger charge is 2.27. The summed E-state index contributed by atoms with van der Waals surface area (Å²) >= 11 is 0. The Bertz CT molecular complexity index is 321. The van der Waals surface area contributed by atoms with E-state index in [4.69, 9.17) is 5.11 Å². The summed E-state index contributed by atoms with van der Waals surface area (Å²) in [6.07, 6.45) is 10.8. The van der Waals surface area contributed by atoms with Crippen LogP contribution in [0.15, 0.2) is 0 Å². The first kappa shape index (κ1) is 16.8. The van der Waals surface area contributed by atoms with Crippen LogP contribution in [0.25, 0.3) is 0 Å². The summed E-state index contributed by atoms with van der Waals surface area (Å²) in [5.41, 5.74) is 0. The SMILES string of the molecule is CC(C)CC1CCCC(NCC2CCC(C(=O)O)CC2)C1. The fourth-order valence-corrected chi connectivity index (χ4v) is 4.30. The number of nitrogens with one attached hydrogen (secondary N) is 1. The van der Waals surface area contributed by atoms with Crippen LogP contribution in [0, 0.1) is 23.7 Å². The van der Waals surface area contributed by atoms with Crippen molar-refractivity contribution in [3.63, 3.8) is 0 Å². The molecule has 2 aliphatic carbocycles. The highest BCUT2D eigenvalue weighted by atomic mass is 16.4. The maximum Gasteiger partial charge on any atom is 0.306 e. The van der Waals surface area contributed by atoms with Crippen molar-refractivity contribution in [2.24, 2.45) is 23.7 Å². The van der Waals surface area contributed by atoms with Crippen molar-refractivity contribution < 1.29 is 9.90 Å². The number of carbonyl (C=O) groups is 1. The van der Waals surface area contributed by atoms with Gasteiger partial charge in [0.1, 0.15) is 0 Å². The van der Waals surface area contributed by atoms with Gasteiger partial charge in [-0.1, -0.05) is 26.7 Å². The fraction of sp³-hybridized carbons (Fsp3) is 0.944. The fourth-order valence-electron chi connectivity index (χ4n) is 4.30. The van der Waals surface area contributed by atoms with E-state index in [2.05, 4.69) is 19.2 Å². The van der Waals surface area contributed by atoms with Gasteiger partial charge in [-0.15, -0.1) is 0 Å². The van der Waals surface area contributed by atoms with Crippen molar-refractivity contribution in [1.29, 1.82) is 0 Å². The molecule has 2 unspecified atom stereocenters. The number of carboxylic acid groups (broad SMARTS) is 1. The lowest BCUT2D eigenvalue weighted by Crippen LogP contribution is -2.38. The maximum atomic E-state index is 11.0. The van der Waals surface area contributed by atoms with Gasteiger partial charge in [0.15, 0.2) is 0 Å². The number of carboxylic acids is 1. The van der Waals surface area contributed by atoms with Gasteiger partial charge in [0.25, 0.3) is 0 Å². The van der Waals surface area contributed by atoms with Crippen LogP contribution in [-0.2, 0) is 4.79 Å². The van der Waals surface area contributed by atoms with Crippen LogP contribution < -0.4 is 5.32 Å². The highest BCUT2D eigenvalue weighted by Crippen LogP contribution is 2.31. The standard InChI is InChI=1S/C18H33NO2/c1-13(2)10-15-4-3-5-17(11-15)19-12-14-6-8-16(9-7-14)18(20)21/h13-17,19H,3-12H2,1-2H3,(H,20,21). The van der Waals surface area contributed by atoms with Gasteiger partial charge in [-0.25, -0.2) is 0 Å². The molecule has 2 rings (SSSR count). The molecule has 0 spiro atoms. The predicted molar refractivity (Wildman–Crippen MR) is 86.3 cm³/mol. The van der Waals surface area contributed by atoms with Crippen molar-refractivity contribution in [3.8, 4) is 0 Å². The van der Waals surface area contributed by atoms with Gasteiger partial charge in [-0.05, 0) is 69.2 Å². The first-order chi connectivity index (χ1) is 10.0. The molecule has 21 heavy (non-hydrogen) atoms. The van der Waals surface area contributed by atoms with Crippen molar-refractivity contribution in [2.75, 3.05) is 6.54 Å².